The molecule has 1 saturated heterocycles. The van der Waals surface area contributed by atoms with Crippen LogP contribution in [0.15, 0.2) is 114 Å². The van der Waals surface area contributed by atoms with Crippen LogP contribution in [0.2, 0.25) is 0 Å². The van der Waals surface area contributed by atoms with Crippen molar-refractivity contribution in [2.24, 2.45) is 0 Å². The number of benzene rings is 4. The van der Waals surface area contributed by atoms with Crippen LogP contribution in [0.4, 0.5) is 10.5 Å². The van der Waals surface area contributed by atoms with Gasteiger partial charge < -0.3 is 25.2 Å². The van der Waals surface area contributed by atoms with E-state index >= 15 is 0 Å². The van der Waals surface area contributed by atoms with Crippen molar-refractivity contribution in [1.29, 1.82) is 0 Å². The van der Waals surface area contributed by atoms with Crippen LogP contribution in [-0.2, 0) is 22.6 Å². The number of ether oxygens (including phenoxy) is 2. The van der Waals surface area contributed by atoms with E-state index < -0.39 is 6.29 Å². The summed E-state index contributed by atoms with van der Waals surface area (Å²) in [5.41, 5.74) is 5.25. The highest BCUT2D eigenvalue weighted by Gasteiger charge is 2.32. The van der Waals surface area contributed by atoms with Gasteiger partial charge in [-0.15, -0.1) is 5.10 Å². The Hall–Kier alpha value is -4.55. The molecule has 0 aliphatic carbocycles. The molecule has 44 heavy (non-hydrogen) atoms. The van der Waals surface area contributed by atoms with Gasteiger partial charge in [-0.3, -0.25) is 0 Å². The first-order valence-electron chi connectivity index (χ1n) is 14.3. The first-order valence-corrected chi connectivity index (χ1v) is 15.3. The zero-order chi connectivity index (χ0) is 30.1. The number of urea groups is 1. The molecule has 0 spiro atoms. The van der Waals surface area contributed by atoms with Gasteiger partial charge in [-0.2, -0.15) is 4.68 Å². The van der Waals surface area contributed by atoms with E-state index in [2.05, 4.69) is 26.2 Å². The predicted molar refractivity (Wildman–Crippen MR) is 167 cm³/mol. The van der Waals surface area contributed by atoms with E-state index in [1.165, 1.54) is 11.8 Å². The standard InChI is InChI=1S/C33H32N6O4S/c40-21-24-11-13-25(14-12-24)30-19-29(22-44-33-36-37-38-39(33)28-9-5-2-6-10-28)42-31(43-30)26-15-17-27(18-16-26)35-32(41)34-20-23-7-3-1-4-8-23/h1-18,29-31,40H,19-22H2,(H2,34,35,41)/t29-,30+,31+/m1/s1. The fraction of sp³-hybridized carbons (Fsp3) is 0.212. The van der Waals surface area contributed by atoms with Gasteiger partial charge in [0.1, 0.15) is 0 Å². The summed E-state index contributed by atoms with van der Waals surface area (Å²) in [7, 11) is 0. The van der Waals surface area contributed by atoms with Crippen LogP contribution < -0.4 is 10.6 Å². The summed E-state index contributed by atoms with van der Waals surface area (Å²) in [5.74, 6) is 0.611. The monoisotopic (exact) mass is 608 g/mol. The number of carbonyl (C=O) groups is 1. The van der Waals surface area contributed by atoms with Crippen molar-refractivity contribution in [3.63, 3.8) is 0 Å². The molecule has 5 aromatic rings. The first kappa shape index (κ1) is 29.5. The normalized spacial score (nSPS) is 18.1. The van der Waals surface area contributed by atoms with Gasteiger partial charge in [-0.1, -0.05) is 96.7 Å². The van der Waals surface area contributed by atoms with Gasteiger partial charge in [0, 0.05) is 30.0 Å². The molecule has 4 aromatic carbocycles. The van der Waals surface area contributed by atoms with Crippen molar-refractivity contribution in [1.82, 2.24) is 25.5 Å². The van der Waals surface area contributed by atoms with E-state index in [0.717, 1.165) is 27.9 Å². The van der Waals surface area contributed by atoms with E-state index in [1.54, 1.807) is 4.68 Å². The Kier molecular flexibility index (Phi) is 9.58. The second-order valence-electron chi connectivity index (χ2n) is 10.3. The van der Waals surface area contributed by atoms with E-state index in [4.69, 9.17) is 9.47 Å². The van der Waals surface area contributed by atoms with Gasteiger partial charge in [0.25, 0.3) is 0 Å². The Morgan fingerprint density at radius 2 is 1.57 bits per heavy atom. The van der Waals surface area contributed by atoms with Crippen LogP contribution in [0.5, 0.6) is 0 Å². The summed E-state index contributed by atoms with van der Waals surface area (Å²) < 4.78 is 14.6. The third-order valence-corrected chi connectivity index (χ3v) is 8.24. The van der Waals surface area contributed by atoms with Gasteiger partial charge in [0.15, 0.2) is 6.29 Å². The fourth-order valence-electron chi connectivity index (χ4n) is 4.87. The van der Waals surface area contributed by atoms with Crippen molar-refractivity contribution in [3.8, 4) is 5.69 Å². The summed E-state index contributed by atoms with van der Waals surface area (Å²) in [6, 6.07) is 34.5. The number of tetrazole rings is 1. The Labute approximate surface area is 259 Å². The topological polar surface area (TPSA) is 123 Å². The van der Waals surface area contributed by atoms with Crippen molar-refractivity contribution in [3.05, 3.63) is 131 Å². The van der Waals surface area contributed by atoms with Crippen LogP contribution in [0.1, 0.15) is 41.1 Å². The number of anilines is 1. The SMILES string of the molecule is O=C(NCc1ccccc1)Nc1ccc([C@H]2O[C@@H](CSc3nnnn3-c3ccccc3)C[C@@H](c3ccc(CO)cc3)O2)cc1. The molecule has 0 saturated carbocycles. The fourth-order valence-corrected chi connectivity index (χ4v) is 5.78. The minimum absolute atomic E-state index is 0.0163. The van der Waals surface area contributed by atoms with Crippen molar-refractivity contribution >= 4 is 23.5 Å². The maximum absolute atomic E-state index is 12.4. The minimum atomic E-state index is -0.622. The third-order valence-electron chi connectivity index (χ3n) is 7.19. The Morgan fingerprint density at radius 3 is 2.30 bits per heavy atom. The Bertz CT molecular complexity index is 1630. The van der Waals surface area contributed by atoms with Gasteiger partial charge in [-0.25, -0.2) is 4.79 Å². The van der Waals surface area contributed by atoms with Crippen LogP contribution in [-0.4, -0.2) is 43.2 Å². The highest BCUT2D eigenvalue weighted by atomic mass is 32.2. The maximum atomic E-state index is 12.4. The van der Waals surface area contributed by atoms with Crippen LogP contribution in [0.25, 0.3) is 5.69 Å². The highest BCUT2D eigenvalue weighted by Crippen LogP contribution is 2.39. The zero-order valence-corrected chi connectivity index (χ0v) is 24.6. The molecule has 1 aromatic heterocycles. The van der Waals surface area contributed by atoms with Gasteiger partial charge in [0.05, 0.1) is 24.5 Å². The quantitative estimate of drug-likeness (QED) is 0.170. The zero-order valence-electron chi connectivity index (χ0n) is 23.8. The molecule has 0 unspecified atom stereocenters. The molecule has 10 nitrogen and oxygen atoms in total. The number of amides is 2. The molecule has 0 radical (unpaired) electrons. The van der Waals surface area contributed by atoms with Crippen molar-refractivity contribution in [2.75, 3.05) is 11.1 Å². The molecule has 6 rings (SSSR count). The minimum Gasteiger partial charge on any atom is -0.392 e. The average molecular weight is 609 g/mol. The number of aromatic nitrogens is 4. The van der Waals surface area contributed by atoms with E-state index in [0.29, 0.717) is 29.6 Å². The lowest BCUT2D eigenvalue weighted by atomic mass is 10.0. The van der Waals surface area contributed by atoms with Crippen LogP contribution in [0, 0.1) is 0 Å². The molecule has 1 aliphatic heterocycles. The number of rotatable bonds is 10. The summed E-state index contributed by atoms with van der Waals surface area (Å²) in [5, 5.41) is 28.2. The maximum Gasteiger partial charge on any atom is 0.319 e. The predicted octanol–water partition coefficient (Wildman–Crippen LogP) is 5.81. The second-order valence-corrected chi connectivity index (χ2v) is 11.3. The number of carbonyl (C=O) groups excluding carboxylic acids is 1. The number of aliphatic hydroxyl groups excluding tert-OH is 1. The molecular weight excluding hydrogens is 576 g/mol. The van der Waals surface area contributed by atoms with Gasteiger partial charge >= 0.3 is 6.03 Å². The second kappa shape index (κ2) is 14.3. The Morgan fingerprint density at radius 1 is 0.864 bits per heavy atom. The van der Waals surface area contributed by atoms with Crippen molar-refractivity contribution in [2.45, 2.75) is 43.2 Å². The number of nitrogens with one attached hydrogen (secondary N) is 2. The van der Waals surface area contributed by atoms with Crippen molar-refractivity contribution < 1.29 is 19.4 Å². The summed E-state index contributed by atoms with van der Waals surface area (Å²) >= 11 is 1.53. The van der Waals surface area contributed by atoms with Crippen LogP contribution >= 0.6 is 11.8 Å². The van der Waals surface area contributed by atoms with Gasteiger partial charge in [-0.05, 0) is 51.4 Å². The van der Waals surface area contributed by atoms with Gasteiger partial charge in [0.2, 0.25) is 5.16 Å². The summed E-state index contributed by atoms with van der Waals surface area (Å²) in [6.45, 7) is 0.421. The van der Waals surface area contributed by atoms with Crippen LogP contribution in [0.3, 0.4) is 0 Å². The largest absolute Gasteiger partial charge is 0.392 e. The molecule has 2 heterocycles. The van der Waals surface area contributed by atoms with E-state index in [-0.39, 0.29) is 24.8 Å². The smallest absolute Gasteiger partial charge is 0.319 e. The Balaban J connectivity index is 1.14. The average Bonchev–Trinajstić information content (AvgIpc) is 3.56. The number of hydrogen-bond donors (Lipinski definition) is 3. The molecule has 3 atom stereocenters. The van der Waals surface area contributed by atoms with E-state index in [1.807, 2.05) is 109 Å². The van der Waals surface area contributed by atoms with E-state index in [9.17, 15) is 9.90 Å². The number of para-hydroxylation sites is 1. The molecule has 1 aliphatic rings. The number of hydrogen-bond acceptors (Lipinski definition) is 8. The molecule has 2 amide bonds. The highest BCUT2D eigenvalue weighted by molar-refractivity contribution is 7.99. The number of thioether (sulfide) groups is 1. The lowest BCUT2D eigenvalue weighted by molar-refractivity contribution is -0.245. The molecule has 3 N–H and O–H groups in total. The number of aliphatic hydroxyl groups is 1. The molecule has 11 heteroatoms. The third kappa shape index (κ3) is 7.50. The molecular formula is C33H32N6O4S. The summed E-state index contributed by atoms with van der Waals surface area (Å²) in [4.78, 5) is 12.4. The lowest BCUT2D eigenvalue weighted by Gasteiger charge is -2.36. The lowest BCUT2D eigenvalue weighted by Crippen LogP contribution is -2.31. The molecule has 1 fully saturated rings. The molecule has 224 valence electrons. The number of nitrogens with zero attached hydrogens (tertiary/aromatic N) is 4. The first-order chi connectivity index (χ1) is 21.6. The summed E-state index contributed by atoms with van der Waals surface area (Å²) in [6.07, 6.45) is -0.374. The molecule has 0 bridgehead atoms.